The average molecular weight is 324 g/mol. The fourth-order valence-electron chi connectivity index (χ4n) is 2.25. The normalized spacial score (nSPS) is 10.1. The molecule has 0 heterocycles. The maximum Gasteiger partial charge on any atom is 0.243 e. The molecule has 0 saturated carbocycles. The number of rotatable bonds is 7. The van der Waals surface area contributed by atoms with Crippen LogP contribution in [-0.4, -0.2) is 19.1 Å². The second-order valence-electron chi connectivity index (χ2n) is 5.94. The van der Waals surface area contributed by atoms with E-state index in [1.54, 1.807) is 0 Å². The molecular formula is C20H24N2O2. The topological polar surface area (TPSA) is 50.4 Å². The number of aryl methyl sites for hydroxylation is 2. The first-order valence-electron chi connectivity index (χ1n) is 7.93. The Hall–Kier alpha value is -2.75. The van der Waals surface area contributed by atoms with Gasteiger partial charge >= 0.3 is 0 Å². The fraction of sp³-hybridized carbons (Fsp3) is 0.250. The molecule has 0 aliphatic heterocycles. The smallest absolute Gasteiger partial charge is 0.243 e. The van der Waals surface area contributed by atoms with Gasteiger partial charge in [-0.05, 0) is 61.7 Å². The summed E-state index contributed by atoms with van der Waals surface area (Å²) in [5, 5.41) is 6.07. The number of nitrogens with one attached hydrogen (secondary N) is 2. The fourth-order valence-corrected chi connectivity index (χ4v) is 2.25. The molecule has 0 unspecified atom stereocenters. The highest BCUT2D eigenvalue weighted by Gasteiger charge is 2.07. The molecule has 24 heavy (non-hydrogen) atoms. The van der Waals surface area contributed by atoms with E-state index in [-0.39, 0.29) is 12.5 Å². The highest BCUT2D eigenvalue weighted by Crippen LogP contribution is 2.19. The minimum Gasteiger partial charge on any atom is -0.489 e. The van der Waals surface area contributed by atoms with Crippen molar-refractivity contribution in [3.05, 3.63) is 65.7 Å². The van der Waals surface area contributed by atoms with E-state index >= 15 is 0 Å². The van der Waals surface area contributed by atoms with E-state index in [4.69, 9.17) is 4.74 Å². The third kappa shape index (κ3) is 5.16. The van der Waals surface area contributed by atoms with Crippen LogP contribution in [0, 0.1) is 13.8 Å². The molecule has 0 fully saturated rings. The molecule has 0 aromatic heterocycles. The molecule has 0 aliphatic rings. The van der Waals surface area contributed by atoms with Gasteiger partial charge in [-0.25, -0.2) is 0 Å². The molecule has 126 valence electrons. The van der Waals surface area contributed by atoms with Crippen LogP contribution in [0.1, 0.15) is 18.1 Å². The number of carbonyl (C=O) groups excluding carboxylic acids is 1. The molecule has 0 atom stereocenters. The van der Waals surface area contributed by atoms with E-state index in [2.05, 4.69) is 17.2 Å². The lowest BCUT2D eigenvalue weighted by Crippen LogP contribution is -2.22. The van der Waals surface area contributed by atoms with Gasteiger partial charge in [0.2, 0.25) is 5.91 Å². The molecular weight excluding hydrogens is 300 g/mol. The van der Waals surface area contributed by atoms with Crippen molar-refractivity contribution < 1.29 is 9.53 Å². The first-order valence-corrected chi connectivity index (χ1v) is 7.93. The molecule has 0 saturated heterocycles. The van der Waals surface area contributed by atoms with Gasteiger partial charge in [0.15, 0.2) is 0 Å². The Labute approximate surface area is 143 Å². The zero-order chi connectivity index (χ0) is 17.5. The SMILES string of the molecule is C=C(C)COc1ccc(NCC(=O)Nc2c(C)cccc2C)cc1. The average Bonchev–Trinajstić information content (AvgIpc) is 2.55. The van der Waals surface area contributed by atoms with Crippen molar-refractivity contribution in [3.63, 3.8) is 0 Å². The van der Waals surface area contributed by atoms with Gasteiger partial charge in [-0.2, -0.15) is 0 Å². The number of para-hydroxylation sites is 1. The van der Waals surface area contributed by atoms with E-state index in [0.717, 1.165) is 33.8 Å². The summed E-state index contributed by atoms with van der Waals surface area (Å²) in [5.41, 5.74) is 4.84. The van der Waals surface area contributed by atoms with Gasteiger partial charge in [0, 0.05) is 11.4 Å². The van der Waals surface area contributed by atoms with Crippen LogP contribution in [0.5, 0.6) is 5.75 Å². The van der Waals surface area contributed by atoms with Gasteiger partial charge in [-0.3, -0.25) is 4.79 Å². The van der Waals surface area contributed by atoms with Gasteiger partial charge in [0.05, 0.1) is 6.54 Å². The van der Waals surface area contributed by atoms with Gasteiger partial charge in [-0.1, -0.05) is 24.8 Å². The lowest BCUT2D eigenvalue weighted by atomic mass is 10.1. The lowest BCUT2D eigenvalue weighted by Gasteiger charge is -2.12. The molecule has 0 bridgehead atoms. The maximum absolute atomic E-state index is 12.1. The van der Waals surface area contributed by atoms with E-state index in [0.29, 0.717) is 6.61 Å². The van der Waals surface area contributed by atoms with Gasteiger partial charge in [0.1, 0.15) is 12.4 Å². The van der Waals surface area contributed by atoms with Crippen LogP contribution < -0.4 is 15.4 Å². The van der Waals surface area contributed by atoms with E-state index in [9.17, 15) is 4.79 Å². The van der Waals surface area contributed by atoms with Crippen molar-refractivity contribution in [2.75, 3.05) is 23.8 Å². The highest BCUT2D eigenvalue weighted by molar-refractivity contribution is 5.95. The standard InChI is InChI=1S/C20H24N2O2/c1-14(2)13-24-18-10-8-17(9-11-18)21-12-19(23)22-20-15(3)6-5-7-16(20)4/h5-11,21H,1,12-13H2,2-4H3,(H,22,23). The largest absolute Gasteiger partial charge is 0.489 e. The Bertz CT molecular complexity index is 701. The number of ether oxygens (including phenoxy) is 1. The van der Waals surface area contributed by atoms with Crippen molar-refractivity contribution in [1.82, 2.24) is 0 Å². The molecule has 4 nitrogen and oxygen atoms in total. The van der Waals surface area contributed by atoms with Crippen LogP contribution in [0.3, 0.4) is 0 Å². The van der Waals surface area contributed by atoms with Crippen LogP contribution in [0.15, 0.2) is 54.6 Å². The molecule has 2 aromatic carbocycles. The second-order valence-corrected chi connectivity index (χ2v) is 5.94. The van der Waals surface area contributed by atoms with Gasteiger partial charge in [0.25, 0.3) is 0 Å². The summed E-state index contributed by atoms with van der Waals surface area (Å²) in [6, 6.07) is 13.5. The lowest BCUT2D eigenvalue weighted by molar-refractivity contribution is -0.114. The van der Waals surface area contributed by atoms with Crippen molar-refractivity contribution in [3.8, 4) is 5.75 Å². The van der Waals surface area contributed by atoms with Crippen LogP contribution in [0.4, 0.5) is 11.4 Å². The Morgan fingerprint density at radius 2 is 1.71 bits per heavy atom. The molecule has 0 radical (unpaired) electrons. The monoisotopic (exact) mass is 324 g/mol. The zero-order valence-corrected chi connectivity index (χ0v) is 14.5. The number of benzene rings is 2. The molecule has 2 aromatic rings. The number of carbonyl (C=O) groups is 1. The highest BCUT2D eigenvalue weighted by atomic mass is 16.5. The van der Waals surface area contributed by atoms with Gasteiger partial charge in [-0.15, -0.1) is 0 Å². The number of hydrogen-bond donors (Lipinski definition) is 2. The second kappa shape index (κ2) is 8.20. The molecule has 2 rings (SSSR count). The Morgan fingerprint density at radius 3 is 2.29 bits per heavy atom. The van der Waals surface area contributed by atoms with E-state index in [1.807, 2.05) is 63.2 Å². The number of hydrogen-bond acceptors (Lipinski definition) is 3. The van der Waals surface area contributed by atoms with Crippen LogP contribution in [-0.2, 0) is 4.79 Å². The summed E-state index contributed by atoms with van der Waals surface area (Å²) in [6.07, 6.45) is 0. The Morgan fingerprint density at radius 1 is 1.08 bits per heavy atom. The first kappa shape index (κ1) is 17.6. The van der Waals surface area contributed by atoms with Crippen LogP contribution in [0.2, 0.25) is 0 Å². The molecule has 1 amide bonds. The van der Waals surface area contributed by atoms with Crippen molar-refractivity contribution in [2.45, 2.75) is 20.8 Å². The minimum atomic E-state index is -0.0741. The number of anilines is 2. The minimum absolute atomic E-state index is 0.0741. The predicted octanol–water partition coefficient (Wildman–Crippen LogP) is 4.31. The van der Waals surface area contributed by atoms with E-state index in [1.165, 1.54) is 0 Å². The third-order valence-corrected chi connectivity index (χ3v) is 3.54. The van der Waals surface area contributed by atoms with Crippen molar-refractivity contribution in [2.24, 2.45) is 0 Å². The molecule has 0 spiro atoms. The van der Waals surface area contributed by atoms with Crippen molar-refractivity contribution >= 4 is 17.3 Å². The maximum atomic E-state index is 12.1. The predicted molar refractivity (Wildman–Crippen MR) is 99.8 cm³/mol. The van der Waals surface area contributed by atoms with Gasteiger partial charge < -0.3 is 15.4 Å². The Kier molecular flexibility index (Phi) is 6.01. The van der Waals surface area contributed by atoms with E-state index < -0.39 is 0 Å². The summed E-state index contributed by atoms with van der Waals surface area (Å²) >= 11 is 0. The van der Waals surface area contributed by atoms with Crippen LogP contribution >= 0.6 is 0 Å². The molecule has 0 aliphatic carbocycles. The summed E-state index contributed by atoms with van der Waals surface area (Å²) in [4.78, 5) is 12.1. The quantitative estimate of drug-likeness (QED) is 0.746. The summed E-state index contributed by atoms with van der Waals surface area (Å²) in [5.74, 6) is 0.707. The molecule has 2 N–H and O–H groups in total. The third-order valence-electron chi connectivity index (χ3n) is 3.54. The summed E-state index contributed by atoms with van der Waals surface area (Å²) in [7, 11) is 0. The Balaban J connectivity index is 1.86. The summed E-state index contributed by atoms with van der Waals surface area (Å²) in [6.45, 7) is 10.4. The number of amides is 1. The molecule has 4 heteroatoms. The van der Waals surface area contributed by atoms with Crippen LogP contribution in [0.25, 0.3) is 0 Å². The zero-order valence-electron chi connectivity index (χ0n) is 14.5. The van der Waals surface area contributed by atoms with Crippen molar-refractivity contribution in [1.29, 1.82) is 0 Å². The first-order chi connectivity index (χ1) is 11.5. The summed E-state index contributed by atoms with van der Waals surface area (Å²) < 4.78 is 5.55.